The zero-order valence-electron chi connectivity index (χ0n) is 14.5. The van der Waals surface area contributed by atoms with Gasteiger partial charge in [0.05, 0.1) is 10.7 Å². The third-order valence-corrected chi connectivity index (χ3v) is 4.52. The van der Waals surface area contributed by atoms with Crippen LogP contribution in [0.4, 0.5) is 11.6 Å². The highest BCUT2D eigenvalue weighted by atomic mass is 35.5. The van der Waals surface area contributed by atoms with Gasteiger partial charge in [-0.25, -0.2) is 14.8 Å². The average Bonchev–Trinajstić information content (AvgIpc) is 3.16. The van der Waals surface area contributed by atoms with Crippen LogP contribution in [0, 0.1) is 0 Å². The van der Waals surface area contributed by atoms with E-state index in [0.717, 1.165) is 16.6 Å². The SMILES string of the molecule is Cn1nc(-c2ccnc(Nc3ccc4c(c3)c(Cl)cn4C)n2)cc1C(=O)O. The molecule has 0 aliphatic rings. The number of nitrogens with one attached hydrogen (secondary N) is 1. The molecule has 8 nitrogen and oxygen atoms in total. The molecule has 0 aliphatic carbocycles. The number of anilines is 2. The lowest BCUT2D eigenvalue weighted by Crippen LogP contribution is -2.04. The number of aromatic nitrogens is 5. The molecule has 3 aromatic heterocycles. The van der Waals surface area contributed by atoms with E-state index in [1.54, 1.807) is 19.3 Å². The second-order valence-corrected chi connectivity index (χ2v) is 6.46. The molecule has 0 aliphatic heterocycles. The first-order valence-electron chi connectivity index (χ1n) is 8.05. The molecule has 27 heavy (non-hydrogen) atoms. The van der Waals surface area contributed by atoms with Crippen molar-refractivity contribution >= 4 is 40.1 Å². The molecule has 1 aromatic carbocycles. The molecule has 0 bridgehead atoms. The van der Waals surface area contributed by atoms with Gasteiger partial charge in [0.15, 0.2) is 0 Å². The van der Waals surface area contributed by atoms with Crippen molar-refractivity contribution in [2.75, 3.05) is 5.32 Å². The molecule has 136 valence electrons. The number of fused-ring (bicyclic) bond motifs is 1. The number of carbonyl (C=O) groups is 1. The Kier molecular flexibility index (Phi) is 4.04. The van der Waals surface area contributed by atoms with Gasteiger partial charge in [0.2, 0.25) is 5.95 Å². The molecule has 0 spiro atoms. The van der Waals surface area contributed by atoms with Gasteiger partial charge in [0.25, 0.3) is 0 Å². The van der Waals surface area contributed by atoms with Crippen LogP contribution in [0.25, 0.3) is 22.3 Å². The molecule has 4 rings (SSSR count). The van der Waals surface area contributed by atoms with E-state index in [4.69, 9.17) is 16.7 Å². The Balaban J connectivity index is 1.66. The van der Waals surface area contributed by atoms with Gasteiger partial charge in [0.1, 0.15) is 11.4 Å². The molecule has 0 radical (unpaired) electrons. The average molecular weight is 383 g/mol. The van der Waals surface area contributed by atoms with Gasteiger partial charge in [-0.3, -0.25) is 4.68 Å². The standard InChI is InChI=1S/C18H15ClN6O2/c1-24-9-12(19)11-7-10(3-4-15(11)24)21-18-20-6-5-13(22-18)14-8-16(17(26)27)25(2)23-14/h3-9H,1-2H3,(H,26,27)(H,20,21,22). The van der Waals surface area contributed by atoms with Gasteiger partial charge in [-0.05, 0) is 24.3 Å². The van der Waals surface area contributed by atoms with E-state index in [1.807, 2.05) is 36.0 Å². The predicted molar refractivity (Wildman–Crippen MR) is 102 cm³/mol. The van der Waals surface area contributed by atoms with Crippen LogP contribution < -0.4 is 5.32 Å². The van der Waals surface area contributed by atoms with Crippen LogP contribution in [0.1, 0.15) is 10.5 Å². The van der Waals surface area contributed by atoms with E-state index in [1.165, 1.54) is 10.7 Å². The summed E-state index contributed by atoms with van der Waals surface area (Å²) in [5.41, 5.74) is 2.88. The molecule has 0 unspecified atom stereocenters. The van der Waals surface area contributed by atoms with E-state index in [2.05, 4.69) is 20.4 Å². The molecule has 0 atom stereocenters. The predicted octanol–water partition coefficient (Wildman–Crippen LogP) is 3.46. The summed E-state index contributed by atoms with van der Waals surface area (Å²) in [4.78, 5) is 19.8. The molecule has 2 N–H and O–H groups in total. The first-order valence-corrected chi connectivity index (χ1v) is 8.42. The Labute approximate surface area is 159 Å². The van der Waals surface area contributed by atoms with E-state index in [0.29, 0.717) is 22.4 Å². The molecule has 3 heterocycles. The molecule has 4 aromatic rings. The summed E-state index contributed by atoms with van der Waals surface area (Å²) in [5.74, 6) is -0.668. The monoisotopic (exact) mass is 382 g/mol. The second-order valence-electron chi connectivity index (χ2n) is 6.05. The molecule has 0 fully saturated rings. The summed E-state index contributed by atoms with van der Waals surface area (Å²) in [5, 5.41) is 18.1. The lowest BCUT2D eigenvalue weighted by Gasteiger charge is -2.06. The fourth-order valence-electron chi connectivity index (χ4n) is 2.91. The van der Waals surface area contributed by atoms with Crippen molar-refractivity contribution in [1.82, 2.24) is 24.3 Å². The van der Waals surface area contributed by atoms with Crippen molar-refractivity contribution in [3.05, 3.63) is 53.4 Å². The first-order chi connectivity index (χ1) is 12.9. The number of carboxylic acids is 1. The van der Waals surface area contributed by atoms with Crippen molar-refractivity contribution < 1.29 is 9.90 Å². The van der Waals surface area contributed by atoms with Crippen molar-refractivity contribution in [3.8, 4) is 11.4 Å². The third kappa shape index (κ3) is 3.11. The highest BCUT2D eigenvalue weighted by Gasteiger charge is 2.14. The van der Waals surface area contributed by atoms with Crippen LogP contribution >= 0.6 is 11.6 Å². The van der Waals surface area contributed by atoms with Gasteiger partial charge < -0.3 is 15.0 Å². The van der Waals surface area contributed by atoms with Crippen molar-refractivity contribution in [2.24, 2.45) is 14.1 Å². The maximum Gasteiger partial charge on any atom is 0.354 e. The molecular weight excluding hydrogens is 368 g/mol. The van der Waals surface area contributed by atoms with Crippen molar-refractivity contribution in [3.63, 3.8) is 0 Å². The van der Waals surface area contributed by atoms with Gasteiger partial charge in [-0.1, -0.05) is 11.6 Å². The van der Waals surface area contributed by atoms with Crippen molar-refractivity contribution in [1.29, 1.82) is 0 Å². The normalized spacial score (nSPS) is 11.1. The van der Waals surface area contributed by atoms with E-state index in [9.17, 15) is 4.79 Å². The Morgan fingerprint density at radius 2 is 2.00 bits per heavy atom. The summed E-state index contributed by atoms with van der Waals surface area (Å²) >= 11 is 6.26. The van der Waals surface area contributed by atoms with Crippen LogP contribution in [0.15, 0.2) is 42.7 Å². The van der Waals surface area contributed by atoms with Crippen LogP contribution in [0.3, 0.4) is 0 Å². The van der Waals surface area contributed by atoms with Gasteiger partial charge >= 0.3 is 5.97 Å². The lowest BCUT2D eigenvalue weighted by atomic mass is 10.2. The fourth-order valence-corrected chi connectivity index (χ4v) is 3.20. The minimum absolute atomic E-state index is 0.0855. The number of hydrogen-bond acceptors (Lipinski definition) is 5. The van der Waals surface area contributed by atoms with Gasteiger partial charge in [0, 0.05) is 49.1 Å². The van der Waals surface area contributed by atoms with Crippen LogP contribution in [0.5, 0.6) is 0 Å². The lowest BCUT2D eigenvalue weighted by molar-refractivity contribution is 0.0685. The van der Waals surface area contributed by atoms with E-state index < -0.39 is 5.97 Å². The van der Waals surface area contributed by atoms with E-state index in [-0.39, 0.29) is 5.69 Å². The number of hydrogen-bond donors (Lipinski definition) is 2. The highest BCUT2D eigenvalue weighted by Crippen LogP contribution is 2.28. The topological polar surface area (TPSA) is 97.9 Å². The summed E-state index contributed by atoms with van der Waals surface area (Å²) in [6.45, 7) is 0. The number of nitrogens with zero attached hydrogens (tertiary/aromatic N) is 5. The number of rotatable bonds is 4. The molecular formula is C18H15ClN6O2. The number of aryl methyl sites for hydroxylation is 2. The van der Waals surface area contributed by atoms with Crippen molar-refractivity contribution in [2.45, 2.75) is 0 Å². The number of aromatic carboxylic acids is 1. The van der Waals surface area contributed by atoms with Gasteiger partial charge in [-0.15, -0.1) is 0 Å². The summed E-state index contributed by atoms with van der Waals surface area (Å²) in [7, 11) is 3.51. The highest BCUT2D eigenvalue weighted by molar-refractivity contribution is 6.35. The Hall–Kier alpha value is -3.39. The quantitative estimate of drug-likeness (QED) is 0.561. The largest absolute Gasteiger partial charge is 0.477 e. The third-order valence-electron chi connectivity index (χ3n) is 4.21. The Morgan fingerprint density at radius 3 is 2.74 bits per heavy atom. The summed E-state index contributed by atoms with van der Waals surface area (Å²) < 4.78 is 3.26. The minimum Gasteiger partial charge on any atom is -0.477 e. The minimum atomic E-state index is -1.04. The smallest absolute Gasteiger partial charge is 0.354 e. The maximum absolute atomic E-state index is 11.2. The summed E-state index contributed by atoms with van der Waals surface area (Å²) in [6, 6.07) is 8.96. The van der Waals surface area contributed by atoms with Gasteiger partial charge in [-0.2, -0.15) is 5.10 Å². The molecule has 0 amide bonds. The Morgan fingerprint density at radius 1 is 1.19 bits per heavy atom. The maximum atomic E-state index is 11.2. The number of halogens is 1. The molecule has 0 saturated heterocycles. The second kappa shape index (κ2) is 6.40. The fraction of sp³-hybridized carbons (Fsp3) is 0.111. The van der Waals surface area contributed by atoms with E-state index >= 15 is 0 Å². The zero-order chi connectivity index (χ0) is 19.1. The number of benzene rings is 1. The first kappa shape index (κ1) is 17.0. The Bertz CT molecular complexity index is 1180. The van der Waals surface area contributed by atoms with Crippen LogP contribution in [-0.4, -0.2) is 35.4 Å². The van der Waals surface area contributed by atoms with Crippen LogP contribution in [-0.2, 0) is 14.1 Å². The summed E-state index contributed by atoms with van der Waals surface area (Å²) in [6.07, 6.45) is 3.45. The molecule has 9 heteroatoms. The molecule has 0 saturated carbocycles. The van der Waals surface area contributed by atoms with Crippen LogP contribution in [0.2, 0.25) is 5.02 Å². The number of carboxylic acid groups (broad SMARTS) is 1. The zero-order valence-corrected chi connectivity index (χ0v) is 15.3.